The van der Waals surface area contributed by atoms with Crippen LogP contribution in [0.1, 0.15) is 59.8 Å². The topological polar surface area (TPSA) is 87.2 Å². The minimum Gasteiger partial charge on any atom is -0.461 e. The van der Waals surface area contributed by atoms with Crippen molar-refractivity contribution in [2.45, 2.75) is 81.9 Å². The van der Waals surface area contributed by atoms with E-state index in [4.69, 9.17) is 4.74 Å². The number of carbonyl (C=O) groups is 3. The second-order valence-corrected chi connectivity index (χ2v) is 12.2. The first-order chi connectivity index (χ1) is 17.2. The number of fused-ring (bicyclic) bond motifs is 1. The van der Waals surface area contributed by atoms with Gasteiger partial charge in [-0.1, -0.05) is 65.7 Å². The zero-order valence-corrected chi connectivity index (χ0v) is 23.2. The van der Waals surface area contributed by atoms with Gasteiger partial charge in [0.05, 0.1) is 29.2 Å². The fourth-order valence-corrected chi connectivity index (χ4v) is 8.98. The molecule has 2 amide bonds. The molecule has 0 aliphatic carbocycles. The van der Waals surface area contributed by atoms with E-state index in [1.807, 2.05) is 18.7 Å². The monoisotopic (exact) mass is 520 g/mol. The smallest absolute Gasteiger partial charge is 0.311 e. The van der Waals surface area contributed by atoms with Crippen LogP contribution in [-0.4, -0.2) is 81.1 Å². The van der Waals surface area contributed by atoms with E-state index in [1.165, 1.54) is 6.08 Å². The minimum atomic E-state index is -0.732. The Balaban J connectivity index is 2.10. The van der Waals surface area contributed by atoms with Crippen LogP contribution in [-0.2, 0) is 19.1 Å². The third kappa shape index (κ3) is 4.75. The molecule has 1 N–H and O–H groups in total. The Morgan fingerprint density at radius 3 is 2.61 bits per heavy atom. The zero-order valence-electron chi connectivity index (χ0n) is 22.4. The number of rotatable bonds is 14. The molecule has 0 aromatic carbocycles. The fraction of sp³-hybridized carbons (Fsp3) is 0.750. The average Bonchev–Trinajstić information content (AvgIpc) is 3.46. The molecule has 1 spiro atoms. The van der Waals surface area contributed by atoms with Crippen molar-refractivity contribution in [3.8, 4) is 0 Å². The van der Waals surface area contributed by atoms with Crippen LogP contribution in [0.3, 0.4) is 0 Å². The Kier molecular flexibility index (Phi) is 9.72. The van der Waals surface area contributed by atoms with Crippen molar-refractivity contribution in [3.63, 3.8) is 0 Å². The van der Waals surface area contributed by atoms with Gasteiger partial charge in [0, 0.05) is 18.3 Å². The predicted octanol–water partition coefficient (Wildman–Crippen LogP) is 3.66. The van der Waals surface area contributed by atoms with Gasteiger partial charge in [-0.3, -0.25) is 14.4 Å². The molecule has 3 unspecified atom stereocenters. The summed E-state index contributed by atoms with van der Waals surface area (Å²) in [5, 5.41) is 10.4. The average molecular weight is 521 g/mol. The van der Waals surface area contributed by atoms with E-state index in [-0.39, 0.29) is 48.1 Å². The molecule has 3 heterocycles. The molecule has 36 heavy (non-hydrogen) atoms. The van der Waals surface area contributed by atoms with E-state index in [9.17, 15) is 19.5 Å². The summed E-state index contributed by atoms with van der Waals surface area (Å²) in [5.74, 6) is -1.83. The quantitative estimate of drug-likeness (QED) is 0.214. The molecule has 202 valence electrons. The number of esters is 1. The van der Waals surface area contributed by atoms with Crippen molar-refractivity contribution in [2.75, 3.05) is 26.3 Å². The molecule has 3 saturated heterocycles. The van der Waals surface area contributed by atoms with Crippen LogP contribution in [0, 0.1) is 23.7 Å². The maximum atomic E-state index is 14.4. The Bertz CT molecular complexity index is 850. The van der Waals surface area contributed by atoms with Crippen molar-refractivity contribution in [3.05, 3.63) is 25.3 Å². The van der Waals surface area contributed by atoms with E-state index >= 15 is 0 Å². The molecule has 3 rings (SSSR count). The van der Waals surface area contributed by atoms with Crippen LogP contribution < -0.4 is 0 Å². The zero-order chi connectivity index (χ0) is 26.6. The number of nitrogens with zero attached hydrogens (tertiary/aromatic N) is 2. The molecule has 8 heteroatoms. The SMILES string of the molecule is C=CCOC(=O)[C@@H]1[C@@H]2CC(C)C3(S2)C(C(=O)N(CC=C)CCCCC)N([C@@H](CO)[C@@H](C)CC)C(=O)[C@H]13. The van der Waals surface area contributed by atoms with Gasteiger partial charge in [0.1, 0.15) is 12.6 Å². The molecule has 0 aromatic heterocycles. The molecule has 2 bridgehead atoms. The van der Waals surface area contributed by atoms with Crippen LogP contribution in [0.15, 0.2) is 25.3 Å². The van der Waals surface area contributed by atoms with Crippen molar-refractivity contribution >= 4 is 29.5 Å². The summed E-state index contributed by atoms with van der Waals surface area (Å²) in [6.45, 7) is 16.6. The lowest BCUT2D eigenvalue weighted by Crippen LogP contribution is -2.60. The van der Waals surface area contributed by atoms with Gasteiger partial charge in [0.25, 0.3) is 0 Å². The summed E-state index contributed by atoms with van der Waals surface area (Å²) in [7, 11) is 0. The van der Waals surface area contributed by atoms with Gasteiger partial charge >= 0.3 is 5.97 Å². The highest BCUT2D eigenvalue weighted by Gasteiger charge is 2.77. The molecule has 0 radical (unpaired) electrons. The lowest BCUT2D eigenvalue weighted by molar-refractivity contribution is -0.154. The number of thioether (sulfide) groups is 1. The van der Waals surface area contributed by atoms with Crippen molar-refractivity contribution in [2.24, 2.45) is 23.7 Å². The van der Waals surface area contributed by atoms with Gasteiger partial charge in [0.2, 0.25) is 11.8 Å². The molecule has 7 nitrogen and oxygen atoms in total. The van der Waals surface area contributed by atoms with E-state index < -0.39 is 28.7 Å². The Labute approximate surface area is 220 Å². The second-order valence-electron chi connectivity index (χ2n) is 10.6. The predicted molar refractivity (Wildman–Crippen MR) is 143 cm³/mol. The van der Waals surface area contributed by atoms with Gasteiger partial charge in [-0.25, -0.2) is 0 Å². The van der Waals surface area contributed by atoms with E-state index in [2.05, 4.69) is 27.0 Å². The fourth-order valence-electron chi connectivity index (χ4n) is 6.59. The largest absolute Gasteiger partial charge is 0.461 e. The van der Waals surface area contributed by atoms with Crippen LogP contribution in [0.4, 0.5) is 0 Å². The van der Waals surface area contributed by atoms with Crippen LogP contribution in [0.5, 0.6) is 0 Å². The maximum absolute atomic E-state index is 14.4. The van der Waals surface area contributed by atoms with Crippen LogP contribution in [0.2, 0.25) is 0 Å². The van der Waals surface area contributed by atoms with Crippen molar-refractivity contribution in [1.82, 2.24) is 9.80 Å². The molecule has 0 saturated carbocycles. The molecular weight excluding hydrogens is 476 g/mol. The summed E-state index contributed by atoms with van der Waals surface area (Å²) in [6, 6.07) is -1.22. The van der Waals surface area contributed by atoms with E-state index in [1.54, 1.807) is 22.7 Å². The lowest BCUT2D eigenvalue weighted by Gasteiger charge is -2.43. The molecule has 0 aromatic rings. The standard InChI is InChI=1S/C28H44N2O5S/c1-7-11-12-14-29(13-8-2)26(33)24-28-19(6)16-21(36-28)22(27(34)35-15-9-3)23(28)25(32)30(24)20(17-31)18(5)10-4/h8-9,18-24,31H,2-3,7,10-17H2,1,4-6H3/t18-,19?,20-,21-,22+,23-,24?,28?/m0/s1. The van der Waals surface area contributed by atoms with E-state index in [0.29, 0.717) is 13.1 Å². The molecule has 3 aliphatic heterocycles. The van der Waals surface area contributed by atoms with Gasteiger partial charge in [0.15, 0.2) is 0 Å². The number of carbonyl (C=O) groups excluding carboxylic acids is 3. The van der Waals surface area contributed by atoms with Gasteiger partial charge in [-0.05, 0) is 24.7 Å². The summed E-state index contributed by atoms with van der Waals surface area (Å²) in [6.07, 6.45) is 7.71. The Hall–Kier alpha value is -1.80. The third-order valence-corrected chi connectivity index (χ3v) is 10.6. The maximum Gasteiger partial charge on any atom is 0.311 e. The van der Waals surface area contributed by atoms with Crippen molar-refractivity contribution in [1.29, 1.82) is 0 Å². The number of hydrogen-bond acceptors (Lipinski definition) is 6. The molecular formula is C28H44N2O5S. The first-order valence-corrected chi connectivity index (χ1v) is 14.4. The summed E-state index contributed by atoms with van der Waals surface area (Å²) < 4.78 is 4.73. The highest BCUT2D eigenvalue weighted by atomic mass is 32.2. The second kappa shape index (κ2) is 12.2. The van der Waals surface area contributed by atoms with Crippen LogP contribution in [0.25, 0.3) is 0 Å². The van der Waals surface area contributed by atoms with Gasteiger partial charge < -0.3 is 19.6 Å². The number of likely N-dealkylation sites (tertiary alicyclic amines) is 1. The lowest BCUT2D eigenvalue weighted by atomic mass is 9.66. The number of ether oxygens (including phenoxy) is 1. The Morgan fingerprint density at radius 1 is 1.31 bits per heavy atom. The number of hydrogen-bond donors (Lipinski definition) is 1. The summed E-state index contributed by atoms with van der Waals surface area (Å²) in [5.41, 5.74) is 0. The number of aliphatic hydroxyl groups is 1. The first kappa shape index (κ1) is 28.8. The van der Waals surface area contributed by atoms with Crippen molar-refractivity contribution < 1.29 is 24.2 Å². The summed E-state index contributed by atoms with van der Waals surface area (Å²) >= 11 is 1.64. The number of amides is 2. The van der Waals surface area contributed by atoms with Gasteiger partial charge in [-0.2, -0.15) is 0 Å². The van der Waals surface area contributed by atoms with Crippen LogP contribution >= 0.6 is 11.8 Å². The van der Waals surface area contributed by atoms with E-state index in [0.717, 1.165) is 32.1 Å². The number of unbranched alkanes of at least 4 members (excludes halogenated alkanes) is 2. The van der Waals surface area contributed by atoms with Gasteiger partial charge in [-0.15, -0.1) is 18.3 Å². The minimum absolute atomic E-state index is 0.00101. The molecule has 3 fully saturated rings. The normalized spacial score (nSPS) is 32.2. The molecule has 3 aliphatic rings. The summed E-state index contributed by atoms with van der Waals surface area (Å²) in [4.78, 5) is 45.4. The highest BCUT2D eigenvalue weighted by Crippen LogP contribution is 2.69. The molecule has 8 atom stereocenters. The third-order valence-electron chi connectivity index (χ3n) is 8.57. The number of aliphatic hydroxyl groups excluding tert-OH is 1. The highest BCUT2D eigenvalue weighted by molar-refractivity contribution is 8.02. The first-order valence-electron chi connectivity index (χ1n) is 13.5. The Morgan fingerprint density at radius 2 is 2.03 bits per heavy atom.